The van der Waals surface area contributed by atoms with E-state index >= 15 is 0 Å². The molecule has 21 heavy (non-hydrogen) atoms. The Balaban J connectivity index is 3.15. The molecule has 0 aliphatic heterocycles. The maximum atomic E-state index is 11.1. The maximum absolute atomic E-state index is 11.1. The van der Waals surface area contributed by atoms with Gasteiger partial charge >= 0.3 is 6.09 Å². The molecule has 2 atom stereocenters. The van der Waals surface area contributed by atoms with Crippen molar-refractivity contribution in [2.75, 3.05) is 13.9 Å². The zero-order valence-electron chi connectivity index (χ0n) is 12.1. The summed E-state index contributed by atoms with van der Waals surface area (Å²) in [6.45, 7) is 3.80. The molecule has 118 valence electrons. The quantitative estimate of drug-likeness (QED) is 0.770. The summed E-state index contributed by atoms with van der Waals surface area (Å²) in [5.41, 5.74) is 5.79. The van der Waals surface area contributed by atoms with Gasteiger partial charge in [-0.2, -0.15) is 0 Å². The Morgan fingerprint density at radius 1 is 1.33 bits per heavy atom. The number of rotatable bonds is 7. The van der Waals surface area contributed by atoms with Crippen LogP contribution in [0.15, 0.2) is 18.2 Å². The molecule has 0 saturated heterocycles. The van der Waals surface area contributed by atoms with Crippen molar-refractivity contribution >= 4 is 29.3 Å². The smallest absolute Gasteiger partial charge is 0.404 e. The Labute approximate surface area is 134 Å². The first-order valence-electron chi connectivity index (χ1n) is 6.38. The van der Waals surface area contributed by atoms with E-state index in [2.05, 4.69) is 0 Å². The van der Waals surface area contributed by atoms with Crippen LogP contribution in [0, 0.1) is 5.92 Å². The number of ether oxygens (including phenoxy) is 3. The van der Waals surface area contributed by atoms with Gasteiger partial charge in [0.1, 0.15) is 19.0 Å². The number of carbonyl (C=O) groups is 1. The van der Waals surface area contributed by atoms with Crippen LogP contribution >= 0.6 is 23.2 Å². The second-order valence-electron chi connectivity index (χ2n) is 4.81. The number of primary amides is 1. The highest BCUT2D eigenvalue weighted by molar-refractivity contribution is 6.35. The van der Waals surface area contributed by atoms with Crippen molar-refractivity contribution in [2.45, 2.75) is 26.1 Å². The zero-order valence-corrected chi connectivity index (χ0v) is 13.6. The summed E-state index contributed by atoms with van der Waals surface area (Å²) < 4.78 is 15.7. The normalized spacial score (nSPS) is 14.0. The molecule has 7 heteroatoms. The van der Waals surface area contributed by atoms with E-state index in [0.29, 0.717) is 15.6 Å². The number of hydrogen-bond donors (Lipinski definition) is 1. The molecule has 1 amide bonds. The summed E-state index contributed by atoms with van der Waals surface area (Å²) in [4.78, 5) is 11.1. The van der Waals surface area contributed by atoms with Crippen LogP contribution in [0.3, 0.4) is 0 Å². The molecule has 5 nitrogen and oxygen atoms in total. The van der Waals surface area contributed by atoms with Crippen molar-refractivity contribution in [3.05, 3.63) is 33.8 Å². The van der Waals surface area contributed by atoms with Gasteiger partial charge in [-0.3, -0.25) is 0 Å². The lowest BCUT2D eigenvalue weighted by Gasteiger charge is -2.30. The van der Waals surface area contributed by atoms with E-state index in [4.69, 9.17) is 43.1 Å². The molecule has 0 aromatic heterocycles. The highest BCUT2D eigenvalue weighted by Gasteiger charge is 2.31. The van der Waals surface area contributed by atoms with Crippen LogP contribution in [0.25, 0.3) is 0 Å². The standard InChI is InChI=1S/C14H19Cl2NO4/c1-8(2)12(21-14(17)18)13(20-7-19-3)10-5-4-9(15)6-11(10)16/h4-6,8,12-13H,7H2,1-3H3,(H2,17,18)/t12-,13-/m1/s1. The lowest BCUT2D eigenvalue weighted by atomic mass is 9.95. The molecule has 0 spiro atoms. The van der Waals surface area contributed by atoms with Crippen LogP contribution in [-0.4, -0.2) is 26.1 Å². The molecule has 0 fully saturated rings. The van der Waals surface area contributed by atoms with Crippen molar-refractivity contribution < 1.29 is 19.0 Å². The largest absolute Gasteiger partial charge is 0.443 e. The van der Waals surface area contributed by atoms with Crippen LogP contribution in [0.2, 0.25) is 10.0 Å². The number of nitrogens with two attached hydrogens (primary N) is 1. The van der Waals surface area contributed by atoms with Gasteiger partial charge in [0.05, 0.1) is 0 Å². The van der Waals surface area contributed by atoms with Crippen molar-refractivity contribution in [2.24, 2.45) is 11.7 Å². The fraction of sp³-hybridized carbons (Fsp3) is 0.500. The van der Waals surface area contributed by atoms with E-state index in [0.717, 1.165) is 0 Å². The third kappa shape index (κ3) is 5.36. The Hall–Kier alpha value is -1.01. The van der Waals surface area contributed by atoms with Gasteiger partial charge in [-0.1, -0.05) is 43.1 Å². The zero-order chi connectivity index (χ0) is 16.0. The fourth-order valence-corrected chi connectivity index (χ4v) is 2.43. The predicted octanol–water partition coefficient (Wildman–Crippen LogP) is 3.77. The molecule has 0 aliphatic rings. The number of amides is 1. The monoisotopic (exact) mass is 335 g/mol. The highest BCUT2D eigenvalue weighted by Crippen LogP contribution is 2.34. The van der Waals surface area contributed by atoms with E-state index in [9.17, 15) is 4.79 Å². The number of methoxy groups -OCH3 is 1. The van der Waals surface area contributed by atoms with E-state index in [1.807, 2.05) is 13.8 Å². The highest BCUT2D eigenvalue weighted by atomic mass is 35.5. The molecule has 2 N–H and O–H groups in total. The second-order valence-corrected chi connectivity index (χ2v) is 5.65. The Morgan fingerprint density at radius 2 is 2.00 bits per heavy atom. The summed E-state index contributed by atoms with van der Waals surface area (Å²) in [5, 5.41) is 0.925. The third-order valence-corrected chi connectivity index (χ3v) is 3.40. The molecular formula is C14H19Cl2NO4. The molecule has 0 unspecified atom stereocenters. The van der Waals surface area contributed by atoms with Gasteiger partial charge in [-0.15, -0.1) is 0 Å². The van der Waals surface area contributed by atoms with E-state index < -0.39 is 18.3 Å². The van der Waals surface area contributed by atoms with Crippen LogP contribution in [0.4, 0.5) is 4.79 Å². The summed E-state index contributed by atoms with van der Waals surface area (Å²) >= 11 is 12.1. The first-order chi connectivity index (χ1) is 9.86. The fourth-order valence-electron chi connectivity index (χ4n) is 1.92. The van der Waals surface area contributed by atoms with E-state index in [1.54, 1.807) is 18.2 Å². The van der Waals surface area contributed by atoms with Crippen molar-refractivity contribution in [3.8, 4) is 0 Å². The molecule has 1 aromatic carbocycles. The summed E-state index contributed by atoms with van der Waals surface area (Å²) in [6, 6.07) is 5.02. The van der Waals surface area contributed by atoms with Gasteiger partial charge in [-0.05, 0) is 18.1 Å². The molecule has 0 bridgehead atoms. The third-order valence-electron chi connectivity index (χ3n) is 2.84. The molecule has 1 aromatic rings. The molecule has 1 rings (SSSR count). The summed E-state index contributed by atoms with van der Waals surface area (Å²) in [6.07, 6.45) is -2.08. The SMILES string of the molecule is COCO[C@H](c1ccc(Cl)cc1Cl)[C@H](OC(N)=O)C(C)C. The average molecular weight is 336 g/mol. The van der Waals surface area contributed by atoms with Crippen LogP contribution < -0.4 is 5.73 Å². The van der Waals surface area contributed by atoms with Gasteiger partial charge in [0.25, 0.3) is 0 Å². The summed E-state index contributed by atoms with van der Waals surface area (Å²) in [5.74, 6) is -0.0360. The van der Waals surface area contributed by atoms with E-state index in [-0.39, 0.29) is 12.7 Å². The first-order valence-corrected chi connectivity index (χ1v) is 7.14. The topological polar surface area (TPSA) is 70.8 Å². The van der Waals surface area contributed by atoms with E-state index in [1.165, 1.54) is 7.11 Å². The molecule has 0 saturated carbocycles. The predicted molar refractivity (Wildman–Crippen MR) is 81.5 cm³/mol. The molecular weight excluding hydrogens is 317 g/mol. The minimum absolute atomic E-state index is 0.0228. The van der Waals surface area contributed by atoms with Gasteiger partial charge < -0.3 is 19.9 Å². The number of benzene rings is 1. The van der Waals surface area contributed by atoms with Crippen molar-refractivity contribution in [1.29, 1.82) is 0 Å². The van der Waals surface area contributed by atoms with Crippen LogP contribution in [-0.2, 0) is 14.2 Å². The Morgan fingerprint density at radius 3 is 2.48 bits per heavy atom. The molecule has 0 aliphatic carbocycles. The van der Waals surface area contributed by atoms with Gasteiger partial charge in [0.15, 0.2) is 0 Å². The lowest BCUT2D eigenvalue weighted by Crippen LogP contribution is -2.34. The maximum Gasteiger partial charge on any atom is 0.404 e. The minimum atomic E-state index is -0.871. The Bertz CT molecular complexity index is 482. The van der Waals surface area contributed by atoms with Crippen LogP contribution in [0.1, 0.15) is 25.5 Å². The molecule has 0 radical (unpaired) electrons. The summed E-state index contributed by atoms with van der Waals surface area (Å²) in [7, 11) is 1.50. The average Bonchev–Trinajstić information content (AvgIpc) is 2.38. The van der Waals surface area contributed by atoms with Gasteiger partial charge in [-0.25, -0.2) is 4.79 Å². The van der Waals surface area contributed by atoms with Gasteiger partial charge in [0, 0.05) is 22.7 Å². The van der Waals surface area contributed by atoms with Crippen LogP contribution in [0.5, 0.6) is 0 Å². The second kappa shape index (κ2) is 8.44. The van der Waals surface area contributed by atoms with Crippen molar-refractivity contribution in [3.63, 3.8) is 0 Å². The lowest BCUT2D eigenvalue weighted by molar-refractivity contribution is -0.124. The number of halogens is 2. The van der Waals surface area contributed by atoms with Gasteiger partial charge in [0.2, 0.25) is 0 Å². The minimum Gasteiger partial charge on any atom is -0.443 e. The first kappa shape index (κ1) is 18.0. The molecule has 0 heterocycles. The Kier molecular flexibility index (Phi) is 7.25. The van der Waals surface area contributed by atoms with Crippen molar-refractivity contribution in [1.82, 2.24) is 0 Å². The number of hydrogen-bond acceptors (Lipinski definition) is 4. The number of carbonyl (C=O) groups excluding carboxylic acids is 1.